The van der Waals surface area contributed by atoms with E-state index in [2.05, 4.69) is 9.55 Å². The van der Waals surface area contributed by atoms with Gasteiger partial charge in [-0.2, -0.15) is 0 Å². The fourth-order valence-electron chi connectivity index (χ4n) is 2.52. The molecule has 2 aromatic rings. The van der Waals surface area contributed by atoms with Crippen molar-refractivity contribution in [3.8, 4) is 0 Å². The molecule has 1 unspecified atom stereocenters. The Hall–Kier alpha value is -2.14. The smallest absolute Gasteiger partial charge is 0.224 e. The van der Waals surface area contributed by atoms with Crippen LogP contribution < -0.4 is 5.73 Å². The van der Waals surface area contributed by atoms with Crippen molar-refractivity contribution in [3.63, 3.8) is 0 Å². The molecule has 2 N–H and O–H groups in total. The van der Waals surface area contributed by atoms with Crippen molar-refractivity contribution < 1.29 is 4.79 Å². The van der Waals surface area contributed by atoms with Crippen molar-refractivity contribution in [2.75, 3.05) is 6.54 Å². The minimum absolute atomic E-state index is 0.0932. The van der Waals surface area contributed by atoms with Gasteiger partial charge < -0.3 is 15.2 Å². The molecule has 104 valence electrons. The third-order valence-corrected chi connectivity index (χ3v) is 3.72. The number of fused-ring (bicyclic) bond motifs is 1. The Labute approximate surface area is 118 Å². The summed E-state index contributed by atoms with van der Waals surface area (Å²) in [5.74, 6) is 1.04. The highest BCUT2D eigenvalue weighted by Crippen LogP contribution is 2.17. The van der Waals surface area contributed by atoms with Gasteiger partial charge in [-0.05, 0) is 5.56 Å². The van der Waals surface area contributed by atoms with Crippen molar-refractivity contribution in [1.29, 1.82) is 0 Å². The Morgan fingerprint density at radius 1 is 1.30 bits per heavy atom. The molecule has 5 nitrogen and oxygen atoms in total. The molecule has 5 heteroatoms. The number of nitrogens with two attached hydrogens (primary N) is 1. The van der Waals surface area contributed by atoms with Crippen LogP contribution in [0.25, 0.3) is 0 Å². The second-order valence-electron chi connectivity index (χ2n) is 5.07. The molecule has 1 aromatic carbocycles. The van der Waals surface area contributed by atoms with Gasteiger partial charge in [-0.1, -0.05) is 30.3 Å². The predicted octanol–water partition coefficient (Wildman–Crippen LogP) is 1.32. The average Bonchev–Trinajstić information content (AvgIpc) is 2.95. The van der Waals surface area contributed by atoms with E-state index in [9.17, 15) is 4.79 Å². The molecule has 0 saturated carbocycles. The van der Waals surface area contributed by atoms with Crippen LogP contribution in [0.4, 0.5) is 0 Å². The number of carbonyl (C=O) groups is 1. The fourth-order valence-corrected chi connectivity index (χ4v) is 2.52. The van der Waals surface area contributed by atoms with E-state index in [-0.39, 0.29) is 11.9 Å². The molecule has 0 spiro atoms. The van der Waals surface area contributed by atoms with E-state index in [1.807, 2.05) is 41.4 Å². The highest BCUT2D eigenvalue weighted by atomic mass is 16.2. The number of amides is 1. The quantitative estimate of drug-likeness (QED) is 0.914. The molecule has 0 bridgehead atoms. The largest absolute Gasteiger partial charge is 0.333 e. The molecule has 1 aromatic heterocycles. The summed E-state index contributed by atoms with van der Waals surface area (Å²) in [5.41, 5.74) is 7.11. The monoisotopic (exact) mass is 270 g/mol. The van der Waals surface area contributed by atoms with Gasteiger partial charge in [0.15, 0.2) is 0 Å². The standard InChI is InChI=1S/C15H18N4O/c16-13(12-4-2-1-3-5-12)10-15(20)19-9-8-18-7-6-17-14(18)11-19/h1-7,13H,8-11,16H2. The van der Waals surface area contributed by atoms with Crippen molar-refractivity contribution >= 4 is 5.91 Å². The first-order chi connectivity index (χ1) is 9.74. The summed E-state index contributed by atoms with van der Waals surface area (Å²) in [6, 6.07) is 9.50. The highest BCUT2D eigenvalue weighted by molar-refractivity contribution is 5.77. The molecule has 0 saturated heterocycles. The van der Waals surface area contributed by atoms with E-state index in [4.69, 9.17) is 5.73 Å². The van der Waals surface area contributed by atoms with Crippen LogP contribution in [-0.4, -0.2) is 26.9 Å². The first kappa shape index (κ1) is 12.9. The zero-order valence-electron chi connectivity index (χ0n) is 11.3. The van der Waals surface area contributed by atoms with E-state index in [0.717, 1.165) is 24.5 Å². The summed E-state index contributed by atoms with van der Waals surface area (Å²) in [7, 11) is 0. The highest BCUT2D eigenvalue weighted by Gasteiger charge is 2.22. The van der Waals surface area contributed by atoms with Gasteiger partial charge in [-0.15, -0.1) is 0 Å². The third-order valence-electron chi connectivity index (χ3n) is 3.72. The number of aromatic nitrogens is 2. The number of nitrogens with zero attached hydrogens (tertiary/aromatic N) is 3. The van der Waals surface area contributed by atoms with E-state index in [0.29, 0.717) is 13.0 Å². The van der Waals surface area contributed by atoms with Crippen molar-refractivity contribution in [2.24, 2.45) is 5.73 Å². The summed E-state index contributed by atoms with van der Waals surface area (Å²) in [6.45, 7) is 2.11. The Kier molecular flexibility index (Phi) is 3.52. The zero-order valence-corrected chi connectivity index (χ0v) is 11.3. The number of hydrogen-bond donors (Lipinski definition) is 1. The van der Waals surface area contributed by atoms with E-state index in [1.165, 1.54) is 0 Å². The van der Waals surface area contributed by atoms with Gasteiger partial charge in [0.2, 0.25) is 5.91 Å². The SMILES string of the molecule is NC(CC(=O)N1CCn2ccnc2C1)c1ccccc1. The topological polar surface area (TPSA) is 64.2 Å². The molecular formula is C15H18N4O. The van der Waals surface area contributed by atoms with Crippen molar-refractivity contribution in [1.82, 2.24) is 14.5 Å². The Balaban J connectivity index is 1.63. The van der Waals surface area contributed by atoms with Crippen LogP contribution >= 0.6 is 0 Å². The normalized spacial score (nSPS) is 15.8. The molecule has 0 radical (unpaired) electrons. The number of benzene rings is 1. The van der Waals surface area contributed by atoms with E-state index in [1.54, 1.807) is 6.20 Å². The molecule has 0 aliphatic carbocycles. The van der Waals surface area contributed by atoms with Gasteiger partial charge >= 0.3 is 0 Å². The molecular weight excluding hydrogens is 252 g/mol. The molecule has 1 aliphatic heterocycles. The summed E-state index contributed by atoms with van der Waals surface area (Å²) in [5, 5.41) is 0. The number of carbonyl (C=O) groups excluding carboxylic acids is 1. The minimum Gasteiger partial charge on any atom is -0.333 e. The summed E-state index contributed by atoms with van der Waals surface area (Å²) in [4.78, 5) is 18.4. The third kappa shape index (κ3) is 2.58. The molecule has 1 amide bonds. The first-order valence-electron chi connectivity index (χ1n) is 6.82. The van der Waals surface area contributed by atoms with Crippen LogP contribution in [0.5, 0.6) is 0 Å². The lowest BCUT2D eigenvalue weighted by atomic mass is 10.0. The van der Waals surface area contributed by atoms with Crippen LogP contribution in [0.2, 0.25) is 0 Å². The zero-order chi connectivity index (χ0) is 13.9. The summed E-state index contributed by atoms with van der Waals surface area (Å²) < 4.78 is 2.08. The van der Waals surface area contributed by atoms with E-state index >= 15 is 0 Å². The number of hydrogen-bond acceptors (Lipinski definition) is 3. The first-order valence-corrected chi connectivity index (χ1v) is 6.82. The van der Waals surface area contributed by atoms with Crippen LogP contribution in [0.3, 0.4) is 0 Å². The molecule has 20 heavy (non-hydrogen) atoms. The molecule has 1 atom stereocenters. The maximum Gasteiger partial charge on any atom is 0.224 e. The number of imidazole rings is 1. The lowest BCUT2D eigenvalue weighted by Gasteiger charge is -2.28. The van der Waals surface area contributed by atoms with Gasteiger partial charge in [0.25, 0.3) is 0 Å². The van der Waals surface area contributed by atoms with Crippen LogP contribution in [0.15, 0.2) is 42.7 Å². The van der Waals surface area contributed by atoms with Gasteiger partial charge in [0.1, 0.15) is 5.82 Å². The minimum atomic E-state index is -0.245. The van der Waals surface area contributed by atoms with Gasteiger partial charge in [0.05, 0.1) is 6.54 Å². The molecule has 0 fully saturated rings. The summed E-state index contributed by atoms with van der Waals surface area (Å²) >= 11 is 0. The molecule has 2 heterocycles. The maximum atomic E-state index is 12.3. The van der Waals surface area contributed by atoms with Gasteiger partial charge in [-0.25, -0.2) is 4.98 Å². The lowest BCUT2D eigenvalue weighted by molar-refractivity contribution is -0.133. The molecule has 3 rings (SSSR count). The van der Waals surface area contributed by atoms with Crippen LogP contribution in [0.1, 0.15) is 23.9 Å². The number of rotatable bonds is 3. The fraction of sp³-hybridized carbons (Fsp3) is 0.333. The maximum absolute atomic E-state index is 12.3. The average molecular weight is 270 g/mol. The van der Waals surface area contributed by atoms with Crippen LogP contribution in [-0.2, 0) is 17.9 Å². The second-order valence-corrected chi connectivity index (χ2v) is 5.07. The van der Waals surface area contributed by atoms with Gasteiger partial charge in [-0.3, -0.25) is 4.79 Å². The summed E-state index contributed by atoms with van der Waals surface area (Å²) in [6.07, 6.45) is 4.07. The van der Waals surface area contributed by atoms with Gasteiger partial charge in [0, 0.05) is 37.9 Å². The predicted molar refractivity (Wildman–Crippen MR) is 75.6 cm³/mol. The molecule has 1 aliphatic rings. The van der Waals surface area contributed by atoms with Crippen LogP contribution in [0, 0.1) is 0 Å². The Bertz CT molecular complexity index is 593. The van der Waals surface area contributed by atoms with E-state index < -0.39 is 0 Å². The lowest BCUT2D eigenvalue weighted by Crippen LogP contribution is -2.39. The Morgan fingerprint density at radius 2 is 2.10 bits per heavy atom. The second kappa shape index (κ2) is 5.46. The van der Waals surface area contributed by atoms with Crippen molar-refractivity contribution in [2.45, 2.75) is 25.6 Å². The Morgan fingerprint density at radius 3 is 2.90 bits per heavy atom. The van der Waals surface area contributed by atoms with Crippen molar-refractivity contribution in [3.05, 3.63) is 54.1 Å².